The van der Waals surface area contributed by atoms with Gasteiger partial charge < -0.3 is 42.1 Å². The Morgan fingerprint density at radius 3 is 1.71 bits per heavy atom. The lowest BCUT2D eigenvalue weighted by Crippen LogP contribution is -2.58. The van der Waals surface area contributed by atoms with Crippen molar-refractivity contribution in [2.45, 2.75) is 37.0 Å². The summed E-state index contributed by atoms with van der Waals surface area (Å²) in [6.45, 7) is -1.79. The molecule has 0 aromatic heterocycles. The molecule has 4 unspecified atom stereocenters. The van der Waals surface area contributed by atoms with Gasteiger partial charge in [-0.25, -0.2) is 4.79 Å². The van der Waals surface area contributed by atoms with Crippen LogP contribution in [-0.2, 0) is 24.0 Å². The van der Waals surface area contributed by atoms with Gasteiger partial charge >= 0.3 is 11.9 Å². The number of carbonyl (C=O) groups is 5. The first-order chi connectivity index (χ1) is 13.1. The van der Waals surface area contributed by atoms with Crippen LogP contribution in [0.3, 0.4) is 0 Å². The number of carboxylic acids is 2. The fourth-order valence-corrected chi connectivity index (χ4v) is 2.06. The van der Waals surface area contributed by atoms with Gasteiger partial charge in [0.25, 0.3) is 0 Å². The van der Waals surface area contributed by atoms with Crippen molar-refractivity contribution < 1.29 is 44.4 Å². The summed E-state index contributed by atoms with van der Waals surface area (Å²) in [7, 11) is 0. The van der Waals surface area contributed by atoms with E-state index < -0.39 is 67.0 Å². The summed E-state index contributed by atoms with van der Waals surface area (Å²) >= 11 is 3.90. The molecule has 0 aromatic carbocycles. The van der Waals surface area contributed by atoms with Crippen molar-refractivity contribution >= 4 is 42.3 Å². The zero-order chi connectivity index (χ0) is 21.9. The maximum Gasteiger partial charge on any atom is 0.328 e. The summed E-state index contributed by atoms with van der Waals surface area (Å²) in [5.41, 5.74) is 5.53. The largest absolute Gasteiger partial charge is 0.481 e. The molecule has 0 heterocycles. The molecule has 0 spiro atoms. The molecule has 0 aliphatic carbocycles. The first-order valence-electron chi connectivity index (χ1n) is 8.01. The molecule has 160 valence electrons. The molecule has 0 rings (SSSR count). The highest BCUT2D eigenvalue weighted by atomic mass is 32.1. The molecule has 13 nitrogen and oxygen atoms in total. The Balaban J connectivity index is 4.86. The van der Waals surface area contributed by atoms with E-state index in [0.717, 1.165) is 0 Å². The molecular weight excluding hydrogens is 400 g/mol. The van der Waals surface area contributed by atoms with E-state index in [1.165, 1.54) is 0 Å². The average Bonchev–Trinajstić information content (AvgIpc) is 2.65. The SMILES string of the molecule is NC(CCC(=O)O)C(=O)NC(CS)C(=O)NC(CO)C(=O)NC(CO)C(=O)O. The van der Waals surface area contributed by atoms with E-state index in [1.807, 2.05) is 5.32 Å². The molecular formula is C14H24N4O9S. The Labute approximate surface area is 165 Å². The van der Waals surface area contributed by atoms with Gasteiger partial charge in [-0.05, 0) is 6.42 Å². The molecule has 28 heavy (non-hydrogen) atoms. The first-order valence-corrected chi connectivity index (χ1v) is 8.64. The van der Waals surface area contributed by atoms with E-state index in [9.17, 15) is 29.1 Å². The highest BCUT2D eigenvalue weighted by molar-refractivity contribution is 7.80. The van der Waals surface area contributed by atoms with Crippen LogP contribution in [0.5, 0.6) is 0 Å². The second-order valence-electron chi connectivity index (χ2n) is 5.61. The molecule has 0 saturated heterocycles. The molecule has 0 aromatic rings. The quantitative estimate of drug-likeness (QED) is 0.129. The number of carboxylic acid groups (broad SMARTS) is 2. The van der Waals surface area contributed by atoms with Gasteiger partial charge in [0.15, 0.2) is 0 Å². The van der Waals surface area contributed by atoms with Gasteiger partial charge in [0, 0.05) is 12.2 Å². The van der Waals surface area contributed by atoms with E-state index in [0.29, 0.717) is 0 Å². The average molecular weight is 424 g/mol. The number of aliphatic carboxylic acids is 2. The summed E-state index contributed by atoms with van der Waals surface area (Å²) in [5, 5.41) is 41.8. The highest BCUT2D eigenvalue weighted by Crippen LogP contribution is 1.98. The van der Waals surface area contributed by atoms with Gasteiger partial charge in [0.05, 0.1) is 19.3 Å². The molecule has 0 bridgehead atoms. The van der Waals surface area contributed by atoms with Crippen LogP contribution in [0.25, 0.3) is 0 Å². The molecule has 0 aliphatic heterocycles. The number of nitrogens with two attached hydrogens (primary N) is 1. The molecule has 0 aliphatic rings. The Morgan fingerprint density at radius 2 is 1.29 bits per heavy atom. The van der Waals surface area contributed by atoms with Crippen molar-refractivity contribution in [3.05, 3.63) is 0 Å². The molecule has 0 radical (unpaired) electrons. The van der Waals surface area contributed by atoms with Gasteiger partial charge in [0.2, 0.25) is 17.7 Å². The van der Waals surface area contributed by atoms with Crippen molar-refractivity contribution in [3.63, 3.8) is 0 Å². The Kier molecular flexibility index (Phi) is 11.8. The molecule has 4 atom stereocenters. The molecule has 9 N–H and O–H groups in total. The minimum atomic E-state index is -1.63. The van der Waals surface area contributed by atoms with Crippen LogP contribution in [0.2, 0.25) is 0 Å². The third-order valence-corrected chi connectivity index (χ3v) is 3.80. The van der Waals surface area contributed by atoms with Crippen LogP contribution in [-0.4, -0.2) is 93.2 Å². The van der Waals surface area contributed by atoms with E-state index in [2.05, 4.69) is 23.3 Å². The summed E-state index contributed by atoms with van der Waals surface area (Å²) in [5.74, 6) is -5.68. The van der Waals surface area contributed by atoms with Gasteiger partial charge in [-0.2, -0.15) is 12.6 Å². The lowest BCUT2D eigenvalue weighted by Gasteiger charge is -2.23. The first kappa shape index (κ1) is 25.6. The second-order valence-corrected chi connectivity index (χ2v) is 5.97. The van der Waals surface area contributed by atoms with Crippen LogP contribution in [0.15, 0.2) is 0 Å². The van der Waals surface area contributed by atoms with Crippen molar-refractivity contribution in [1.82, 2.24) is 16.0 Å². The van der Waals surface area contributed by atoms with E-state index in [4.69, 9.17) is 21.1 Å². The number of aliphatic hydroxyl groups is 2. The highest BCUT2D eigenvalue weighted by Gasteiger charge is 2.29. The maximum absolute atomic E-state index is 12.2. The third kappa shape index (κ3) is 8.98. The van der Waals surface area contributed by atoms with Crippen molar-refractivity contribution in [2.24, 2.45) is 5.73 Å². The Morgan fingerprint density at radius 1 is 0.821 bits per heavy atom. The standard InChI is InChI=1S/C14H24N4O9S/c15-6(1-2-10(21)22)11(23)18-9(5-28)13(25)16-7(3-19)12(24)17-8(4-20)14(26)27/h6-9,19-20,28H,1-5,15H2,(H,16,25)(H,17,24)(H,18,23)(H,21,22)(H,26,27). The zero-order valence-corrected chi connectivity index (χ0v) is 15.6. The van der Waals surface area contributed by atoms with Crippen LogP contribution in [0, 0.1) is 0 Å². The molecule has 0 saturated carbocycles. The number of hydrogen-bond donors (Lipinski definition) is 9. The van der Waals surface area contributed by atoms with Crippen molar-refractivity contribution in [2.75, 3.05) is 19.0 Å². The smallest absolute Gasteiger partial charge is 0.328 e. The normalized spacial score (nSPS) is 14.9. The minimum Gasteiger partial charge on any atom is -0.481 e. The van der Waals surface area contributed by atoms with E-state index in [1.54, 1.807) is 0 Å². The number of aliphatic hydroxyl groups excluding tert-OH is 2. The van der Waals surface area contributed by atoms with Gasteiger partial charge in [0.1, 0.15) is 18.1 Å². The van der Waals surface area contributed by atoms with Gasteiger partial charge in [-0.3, -0.25) is 19.2 Å². The van der Waals surface area contributed by atoms with Crippen LogP contribution in [0.1, 0.15) is 12.8 Å². The lowest BCUT2D eigenvalue weighted by molar-refractivity contribution is -0.143. The van der Waals surface area contributed by atoms with Crippen LogP contribution < -0.4 is 21.7 Å². The number of nitrogens with one attached hydrogen (secondary N) is 3. The van der Waals surface area contributed by atoms with Crippen molar-refractivity contribution in [3.8, 4) is 0 Å². The summed E-state index contributed by atoms with van der Waals surface area (Å²) in [6.07, 6.45) is -0.518. The summed E-state index contributed by atoms with van der Waals surface area (Å²) in [4.78, 5) is 57.3. The molecule has 14 heteroatoms. The number of amides is 3. The molecule has 3 amide bonds. The second kappa shape index (κ2) is 12.9. The van der Waals surface area contributed by atoms with E-state index >= 15 is 0 Å². The Hall–Kier alpha value is -2.42. The third-order valence-electron chi connectivity index (χ3n) is 3.43. The monoisotopic (exact) mass is 424 g/mol. The summed E-state index contributed by atoms with van der Waals surface area (Å²) < 4.78 is 0. The molecule has 0 fully saturated rings. The van der Waals surface area contributed by atoms with Crippen LogP contribution >= 0.6 is 12.6 Å². The zero-order valence-electron chi connectivity index (χ0n) is 14.7. The fraction of sp³-hybridized carbons (Fsp3) is 0.643. The minimum absolute atomic E-state index is 0.165. The fourth-order valence-electron chi connectivity index (χ4n) is 1.81. The topological polar surface area (TPSA) is 228 Å². The lowest BCUT2D eigenvalue weighted by atomic mass is 10.1. The number of thiol groups is 1. The summed E-state index contributed by atoms with van der Waals surface area (Å²) in [6, 6.07) is -5.64. The maximum atomic E-state index is 12.2. The van der Waals surface area contributed by atoms with Crippen LogP contribution in [0.4, 0.5) is 0 Å². The number of carbonyl (C=O) groups excluding carboxylic acids is 3. The van der Waals surface area contributed by atoms with Gasteiger partial charge in [-0.1, -0.05) is 0 Å². The van der Waals surface area contributed by atoms with Gasteiger partial charge in [-0.15, -0.1) is 0 Å². The predicted molar refractivity (Wildman–Crippen MR) is 96.3 cm³/mol. The Bertz CT molecular complexity index is 589. The number of hydrogen-bond acceptors (Lipinski definition) is 9. The van der Waals surface area contributed by atoms with E-state index in [-0.39, 0.29) is 18.6 Å². The number of rotatable bonds is 13. The van der Waals surface area contributed by atoms with Crippen molar-refractivity contribution in [1.29, 1.82) is 0 Å². The predicted octanol–water partition coefficient (Wildman–Crippen LogP) is -4.37.